The van der Waals surface area contributed by atoms with E-state index in [2.05, 4.69) is 10.3 Å². The molecule has 1 aromatic heterocycles. The van der Waals surface area contributed by atoms with Crippen molar-refractivity contribution in [2.45, 2.75) is 51.3 Å². The zero-order chi connectivity index (χ0) is 22.0. The van der Waals surface area contributed by atoms with Crippen LogP contribution in [0.3, 0.4) is 0 Å². The third-order valence-corrected chi connectivity index (χ3v) is 6.49. The second-order valence-corrected chi connectivity index (χ2v) is 9.48. The highest BCUT2D eigenvalue weighted by Crippen LogP contribution is 2.35. The number of para-hydroxylation sites is 1. The molecule has 0 atom stereocenters. The summed E-state index contributed by atoms with van der Waals surface area (Å²) < 4.78 is 6.54. The number of ether oxygens (including phenoxy) is 1. The van der Waals surface area contributed by atoms with Crippen LogP contribution in [0.4, 0.5) is 9.93 Å². The summed E-state index contributed by atoms with van der Waals surface area (Å²) in [5.74, 6) is 0.820. The van der Waals surface area contributed by atoms with Crippen molar-refractivity contribution in [3.63, 3.8) is 0 Å². The second kappa shape index (κ2) is 8.74. The molecule has 3 amide bonds. The Bertz CT molecular complexity index is 952. The molecule has 1 aromatic carbocycles. The smallest absolute Gasteiger partial charge is 0.317 e. The lowest BCUT2D eigenvalue weighted by atomic mass is 9.90. The first-order valence-electron chi connectivity index (χ1n) is 10.6. The molecule has 1 fully saturated rings. The van der Waals surface area contributed by atoms with Crippen LogP contribution in [0.25, 0.3) is 0 Å². The number of likely N-dealkylation sites (tertiary alicyclic amines) is 1. The summed E-state index contributed by atoms with van der Waals surface area (Å²) in [6.45, 7) is 6.06. The Kier molecular flexibility index (Phi) is 6.04. The van der Waals surface area contributed by atoms with E-state index in [0.717, 1.165) is 11.3 Å². The summed E-state index contributed by atoms with van der Waals surface area (Å²) in [6.07, 6.45) is 1.55. The Morgan fingerprint density at radius 1 is 1.26 bits per heavy atom. The summed E-state index contributed by atoms with van der Waals surface area (Å²) in [7, 11) is 0. The van der Waals surface area contributed by atoms with Gasteiger partial charge in [0.1, 0.15) is 11.4 Å². The quantitative estimate of drug-likeness (QED) is 0.760. The first kappa shape index (κ1) is 21.4. The molecule has 4 rings (SSSR count). The molecule has 8 nitrogen and oxygen atoms in total. The SMILES string of the molecule is CC(C)NC(=O)N1CCC2(CC1)CN(C(=O)Cc1csc(N)n1)Cc1ccccc1O2. The number of nitrogens with one attached hydrogen (secondary N) is 1. The Labute approximate surface area is 186 Å². The van der Waals surface area contributed by atoms with Crippen molar-refractivity contribution in [3.05, 3.63) is 40.9 Å². The minimum absolute atomic E-state index is 0.00459. The number of aromatic nitrogens is 1. The second-order valence-electron chi connectivity index (χ2n) is 8.59. The Balaban J connectivity index is 1.52. The van der Waals surface area contributed by atoms with Crippen molar-refractivity contribution in [3.8, 4) is 5.75 Å². The number of nitrogens with zero attached hydrogens (tertiary/aromatic N) is 3. The molecular formula is C22H29N5O3S. The van der Waals surface area contributed by atoms with Crippen LogP contribution in [0, 0.1) is 0 Å². The maximum atomic E-state index is 13.2. The molecule has 2 aliphatic heterocycles. The molecule has 2 aliphatic rings. The highest BCUT2D eigenvalue weighted by atomic mass is 32.1. The van der Waals surface area contributed by atoms with Gasteiger partial charge in [0, 0.05) is 49.5 Å². The van der Waals surface area contributed by atoms with E-state index in [1.54, 1.807) is 0 Å². The average Bonchev–Trinajstić information content (AvgIpc) is 3.05. The minimum Gasteiger partial charge on any atom is -0.485 e. The first-order valence-corrected chi connectivity index (χ1v) is 11.5. The van der Waals surface area contributed by atoms with E-state index in [9.17, 15) is 9.59 Å². The van der Waals surface area contributed by atoms with Gasteiger partial charge >= 0.3 is 6.03 Å². The highest BCUT2D eigenvalue weighted by molar-refractivity contribution is 7.13. The number of amides is 3. The standard InChI is InChI=1S/C22H29N5O3S/c1-15(2)24-21(29)26-9-7-22(8-10-26)14-27(12-16-5-3-4-6-18(16)30-22)19(28)11-17-13-31-20(23)25-17/h3-6,13,15H,7-12,14H2,1-2H3,(H2,23,25)(H,24,29). The van der Waals surface area contributed by atoms with Crippen LogP contribution in [0.2, 0.25) is 0 Å². The average molecular weight is 444 g/mol. The number of nitrogens with two attached hydrogens (primary N) is 1. The third-order valence-electron chi connectivity index (χ3n) is 5.77. The monoisotopic (exact) mass is 443 g/mol. The van der Waals surface area contributed by atoms with Crippen molar-refractivity contribution in [2.75, 3.05) is 25.4 Å². The number of nitrogen functional groups attached to an aromatic ring is 1. The van der Waals surface area contributed by atoms with Crippen LogP contribution >= 0.6 is 11.3 Å². The van der Waals surface area contributed by atoms with Crippen molar-refractivity contribution < 1.29 is 14.3 Å². The molecule has 9 heteroatoms. The van der Waals surface area contributed by atoms with Gasteiger partial charge in [0.25, 0.3) is 0 Å². The van der Waals surface area contributed by atoms with Crippen molar-refractivity contribution in [1.82, 2.24) is 20.1 Å². The molecule has 1 spiro atoms. The Morgan fingerprint density at radius 3 is 2.68 bits per heavy atom. The fraction of sp³-hybridized carbons (Fsp3) is 0.500. The van der Waals surface area contributed by atoms with E-state index in [1.165, 1.54) is 11.3 Å². The van der Waals surface area contributed by atoms with Crippen LogP contribution in [0.1, 0.15) is 37.9 Å². The van der Waals surface area contributed by atoms with Gasteiger partial charge in [0.15, 0.2) is 5.13 Å². The molecule has 3 heterocycles. The van der Waals surface area contributed by atoms with Gasteiger partial charge in [-0.05, 0) is 19.9 Å². The van der Waals surface area contributed by atoms with Crippen LogP contribution < -0.4 is 15.8 Å². The number of carbonyl (C=O) groups excluding carboxylic acids is 2. The molecule has 0 unspecified atom stereocenters. The number of hydrogen-bond acceptors (Lipinski definition) is 6. The minimum atomic E-state index is -0.516. The summed E-state index contributed by atoms with van der Waals surface area (Å²) >= 11 is 1.34. The molecule has 3 N–H and O–H groups in total. The van der Waals surface area contributed by atoms with E-state index >= 15 is 0 Å². The van der Waals surface area contributed by atoms with Gasteiger partial charge in [-0.2, -0.15) is 0 Å². The number of piperidine rings is 1. The first-order chi connectivity index (χ1) is 14.8. The zero-order valence-electron chi connectivity index (χ0n) is 18.0. The third kappa shape index (κ3) is 4.92. The van der Waals surface area contributed by atoms with Gasteiger partial charge in [-0.25, -0.2) is 9.78 Å². The lowest BCUT2D eigenvalue weighted by Crippen LogP contribution is -2.57. The number of rotatable bonds is 3. The molecule has 0 aliphatic carbocycles. The molecule has 0 saturated carbocycles. The van der Waals surface area contributed by atoms with Crippen LogP contribution in [-0.4, -0.2) is 58.0 Å². The van der Waals surface area contributed by atoms with Crippen molar-refractivity contribution in [2.24, 2.45) is 0 Å². The molecule has 1 saturated heterocycles. The predicted octanol–water partition coefficient (Wildman–Crippen LogP) is 2.64. The van der Waals surface area contributed by atoms with Crippen LogP contribution in [-0.2, 0) is 17.8 Å². The Hall–Kier alpha value is -2.81. The van der Waals surface area contributed by atoms with E-state index in [4.69, 9.17) is 10.5 Å². The predicted molar refractivity (Wildman–Crippen MR) is 120 cm³/mol. The molecular weight excluding hydrogens is 414 g/mol. The molecule has 31 heavy (non-hydrogen) atoms. The maximum Gasteiger partial charge on any atom is 0.317 e. The summed E-state index contributed by atoms with van der Waals surface area (Å²) in [5, 5.41) is 5.25. The normalized spacial score (nSPS) is 17.8. The van der Waals surface area contributed by atoms with Crippen LogP contribution in [0.5, 0.6) is 5.75 Å². The number of anilines is 1. The number of thiazole rings is 1. The van der Waals surface area contributed by atoms with E-state index in [1.807, 2.05) is 53.3 Å². The van der Waals surface area contributed by atoms with E-state index in [-0.39, 0.29) is 24.4 Å². The van der Waals surface area contributed by atoms with Gasteiger partial charge in [-0.3, -0.25) is 4.79 Å². The largest absolute Gasteiger partial charge is 0.485 e. The number of benzene rings is 1. The topological polar surface area (TPSA) is 101 Å². The van der Waals surface area contributed by atoms with Crippen LogP contribution in [0.15, 0.2) is 29.6 Å². The molecule has 0 bridgehead atoms. The number of hydrogen-bond donors (Lipinski definition) is 2. The van der Waals surface area contributed by atoms with Gasteiger partial charge in [-0.1, -0.05) is 18.2 Å². The highest BCUT2D eigenvalue weighted by Gasteiger charge is 2.42. The fourth-order valence-electron chi connectivity index (χ4n) is 4.17. The van der Waals surface area contributed by atoms with E-state index in [0.29, 0.717) is 49.8 Å². The lowest BCUT2D eigenvalue weighted by molar-refractivity contribution is -0.134. The summed E-state index contributed by atoms with van der Waals surface area (Å²) in [6, 6.07) is 7.92. The summed E-state index contributed by atoms with van der Waals surface area (Å²) in [5.41, 5.74) is 6.90. The molecule has 2 aromatic rings. The van der Waals surface area contributed by atoms with Gasteiger partial charge < -0.3 is 25.6 Å². The van der Waals surface area contributed by atoms with E-state index < -0.39 is 5.60 Å². The Morgan fingerprint density at radius 2 is 2.00 bits per heavy atom. The molecule has 166 valence electrons. The van der Waals surface area contributed by atoms with Gasteiger partial charge in [0.2, 0.25) is 5.91 Å². The maximum absolute atomic E-state index is 13.2. The zero-order valence-corrected chi connectivity index (χ0v) is 18.8. The number of urea groups is 1. The molecule has 0 radical (unpaired) electrons. The number of fused-ring (bicyclic) bond motifs is 1. The van der Waals surface area contributed by atoms with Gasteiger partial charge in [-0.15, -0.1) is 11.3 Å². The lowest BCUT2D eigenvalue weighted by Gasteiger charge is -2.42. The van der Waals surface area contributed by atoms with Crippen molar-refractivity contribution in [1.29, 1.82) is 0 Å². The van der Waals surface area contributed by atoms with Gasteiger partial charge in [0.05, 0.1) is 18.7 Å². The number of carbonyl (C=O) groups is 2. The summed E-state index contributed by atoms with van der Waals surface area (Å²) in [4.78, 5) is 33.5. The van der Waals surface area contributed by atoms with Crippen molar-refractivity contribution >= 4 is 28.4 Å². The fourth-order valence-corrected chi connectivity index (χ4v) is 4.73.